The van der Waals surface area contributed by atoms with Gasteiger partial charge in [-0.05, 0) is 136 Å². The van der Waals surface area contributed by atoms with E-state index in [2.05, 4.69) is 35.1 Å². The molecule has 0 bridgehead atoms. The second-order valence-corrected chi connectivity index (χ2v) is 21.5. The number of anilines is 4. The number of methoxy groups -OCH3 is 2. The lowest BCUT2D eigenvalue weighted by Crippen LogP contribution is -2.32. The second-order valence-electron chi connectivity index (χ2n) is 21.5. The molecule has 10 aromatic rings. The molecule has 6 aromatic carbocycles. The number of nitrogens with one attached hydrogen (secondary N) is 1. The van der Waals surface area contributed by atoms with E-state index in [4.69, 9.17) is 45.0 Å². The lowest BCUT2D eigenvalue weighted by atomic mass is 10.2. The average Bonchev–Trinajstić information content (AvgIpc) is 1.75. The Morgan fingerprint density at radius 1 is 0.581 bits per heavy atom. The number of para-hydroxylation sites is 2. The number of amides is 1. The van der Waals surface area contributed by atoms with Gasteiger partial charge in [-0.2, -0.15) is 0 Å². The van der Waals surface area contributed by atoms with Crippen LogP contribution in [-0.4, -0.2) is 159 Å². The normalized spacial score (nSPS) is 14.5. The Morgan fingerprint density at radius 3 is 1.44 bits per heavy atom. The van der Waals surface area contributed by atoms with E-state index in [1.54, 1.807) is 106 Å². The number of carboxylic acids is 1. The monoisotopic (exact) mass is 1260 g/mol. The van der Waals surface area contributed by atoms with Gasteiger partial charge < -0.3 is 55.2 Å². The van der Waals surface area contributed by atoms with Crippen LogP contribution in [0, 0.1) is 0 Å². The molecule has 480 valence electrons. The molecule has 0 aliphatic carbocycles. The third-order valence-electron chi connectivity index (χ3n) is 15.6. The third-order valence-corrected chi connectivity index (χ3v) is 15.6. The van der Waals surface area contributed by atoms with Gasteiger partial charge in [0.2, 0.25) is 0 Å². The van der Waals surface area contributed by atoms with Crippen LogP contribution in [0.2, 0.25) is 0 Å². The van der Waals surface area contributed by atoms with Crippen LogP contribution in [0.3, 0.4) is 0 Å². The van der Waals surface area contributed by atoms with Crippen molar-refractivity contribution in [2.45, 2.75) is 24.9 Å². The number of hydrogen-bond donors (Lipinski definition) is 4. The number of nitrogens with two attached hydrogens (primary N) is 2. The molecule has 25 heteroatoms. The van der Waals surface area contributed by atoms with E-state index in [1.807, 2.05) is 86.9 Å². The molecule has 25 nitrogen and oxygen atoms in total. The van der Waals surface area contributed by atoms with Crippen LogP contribution in [0.5, 0.6) is 34.5 Å². The number of fused-ring (bicyclic) bond motifs is 2. The number of likely N-dealkylation sites (N-methyl/N-ethyl adjacent to an activating group) is 3. The van der Waals surface area contributed by atoms with E-state index < -0.39 is 11.7 Å². The van der Waals surface area contributed by atoms with Crippen molar-refractivity contribution in [1.29, 1.82) is 0 Å². The minimum Gasteiger partial charge on any atom is -0.495 e. The Labute approximate surface area is 535 Å². The van der Waals surface area contributed by atoms with Crippen LogP contribution >= 0.6 is 0 Å². The van der Waals surface area contributed by atoms with E-state index in [1.165, 1.54) is 55.1 Å². The van der Waals surface area contributed by atoms with Gasteiger partial charge in [0.05, 0.1) is 61.6 Å². The summed E-state index contributed by atoms with van der Waals surface area (Å²) in [4.78, 5) is 74.1. The van der Waals surface area contributed by atoms with Gasteiger partial charge in [0.1, 0.15) is 58.2 Å². The topological polar surface area (TPSA) is 289 Å². The van der Waals surface area contributed by atoms with Crippen molar-refractivity contribution in [3.8, 4) is 57.2 Å². The molecule has 1 amide bonds. The van der Waals surface area contributed by atoms with Gasteiger partial charge in [-0.3, -0.25) is 23.7 Å². The molecule has 6 heterocycles. The number of nitrogens with zero attached hydrogens (tertiary/aromatic N) is 11. The first-order chi connectivity index (χ1) is 45.1. The fraction of sp³-hybridized carbons (Fsp3) is 0.235. The van der Waals surface area contributed by atoms with E-state index in [0.29, 0.717) is 111 Å². The highest BCUT2D eigenvalue weighted by Gasteiger charge is 2.25. The summed E-state index contributed by atoms with van der Waals surface area (Å²) >= 11 is 0. The molecule has 0 radical (unpaired) electrons. The zero-order valence-electron chi connectivity index (χ0n) is 52.2. The summed E-state index contributed by atoms with van der Waals surface area (Å²) in [6.45, 7) is 4.31. The van der Waals surface area contributed by atoms with E-state index in [0.717, 1.165) is 44.1 Å². The Balaban J connectivity index is 0.000000175. The molecule has 0 unspecified atom stereocenters. The van der Waals surface area contributed by atoms with Gasteiger partial charge in [0.15, 0.2) is 22.9 Å². The number of benzene rings is 6. The molecule has 2 aliphatic heterocycles. The Hall–Kier alpha value is -11.1. The molecule has 2 aliphatic rings. The fourth-order valence-corrected chi connectivity index (χ4v) is 10.6. The molecule has 0 spiro atoms. The number of carboxylic acid groups (broad SMARTS) is 1. The number of aromatic nitrogens is 8. The SMILES string of the molecule is CN(C/C=C/C(=O)O)[C@H]1CCOC1.CNc1cc(-n2c(=O)n(-c3ccc(Oc4ccccc4)cc3)c3c(N)ncnc32)ccc1OC.COc1ccc(-n2c(=O)n(-c3ccc(Oc4ccccc4)cc3)c3c(N)ncnc32)cc1N(C)C(=O)/C=C/CN(C)[C@H]1CCOC1. The summed E-state index contributed by atoms with van der Waals surface area (Å²) in [6, 6.07) is 44.5. The van der Waals surface area contributed by atoms with Crippen molar-refractivity contribution < 1.29 is 43.1 Å². The molecule has 12 rings (SSSR count). The van der Waals surface area contributed by atoms with Gasteiger partial charge in [-0.1, -0.05) is 48.6 Å². The maximum Gasteiger partial charge on any atom is 0.339 e. The van der Waals surface area contributed by atoms with Gasteiger partial charge in [0.25, 0.3) is 5.91 Å². The summed E-state index contributed by atoms with van der Waals surface area (Å²) in [6.07, 6.45) is 10.9. The smallest absolute Gasteiger partial charge is 0.339 e. The highest BCUT2D eigenvalue weighted by molar-refractivity contribution is 6.02. The first-order valence-corrected chi connectivity index (χ1v) is 29.7. The summed E-state index contributed by atoms with van der Waals surface area (Å²) in [5, 5.41) is 11.4. The Morgan fingerprint density at radius 2 is 1.01 bits per heavy atom. The number of rotatable bonds is 20. The highest BCUT2D eigenvalue weighted by atomic mass is 16.5. The molecule has 2 fully saturated rings. The first kappa shape index (κ1) is 64.9. The third kappa shape index (κ3) is 15.0. The van der Waals surface area contributed by atoms with Crippen LogP contribution in [-0.2, 0) is 19.1 Å². The van der Waals surface area contributed by atoms with Crippen molar-refractivity contribution in [3.05, 3.63) is 204 Å². The Bertz CT molecular complexity index is 4390. The number of imidazole rings is 2. The molecule has 93 heavy (non-hydrogen) atoms. The van der Waals surface area contributed by atoms with E-state index in [9.17, 15) is 19.2 Å². The summed E-state index contributed by atoms with van der Waals surface area (Å²) in [7, 11) is 10.6. The maximum atomic E-state index is 14.1. The summed E-state index contributed by atoms with van der Waals surface area (Å²) in [5.41, 5.74) is 16.7. The predicted molar refractivity (Wildman–Crippen MR) is 356 cm³/mol. The molecule has 2 saturated heterocycles. The lowest BCUT2D eigenvalue weighted by molar-refractivity contribution is -0.131. The second kappa shape index (κ2) is 30.1. The minimum absolute atomic E-state index is 0.144. The van der Waals surface area contributed by atoms with Crippen molar-refractivity contribution >= 4 is 57.2 Å². The van der Waals surface area contributed by atoms with Gasteiger partial charge >= 0.3 is 17.3 Å². The Kier molecular flexibility index (Phi) is 21.0. The lowest BCUT2D eigenvalue weighted by Gasteiger charge is -2.21. The number of nitrogen functional groups attached to an aromatic ring is 2. The van der Waals surface area contributed by atoms with Crippen molar-refractivity contribution in [2.75, 3.05) is 104 Å². The predicted octanol–water partition coefficient (Wildman–Crippen LogP) is 8.54. The molecule has 6 N–H and O–H groups in total. The van der Waals surface area contributed by atoms with Crippen LogP contribution < -0.4 is 52.0 Å². The molecule has 0 saturated carbocycles. The number of aliphatic carboxylic acids is 1. The molecular weight excluding hydrogens is 1190 g/mol. The quantitative estimate of drug-likeness (QED) is 0.0520. The van der Waals surface area contributed by atoms with Gasteiger partial charge in [-0.15, -0.1) is 0 Å². The maximum absolute atomic E-state index is 14.1. The number of ether oxygens (including phenoxy) is 6. The van der Waals surface area contributed by atoms with Crippen molar-refractivity contribution in [3.63, 3.8) is 0 Å². The summed E-state index contributed by atoms with van der Waals surface area (Å²) in [5.74, 6) is 3.00. The van der Waals surface area contributed by atoms with Crippen LogP contribution in [0.25, 0.3) is 45.1 Å². The minimum atomic E-state index is -0.893. The van der Waals surface area contributed by atoms with Crippen LogP contribution in [0.15, 0.2) is 192 Å². The molecule has 4 aromatic heterocycles. The first-order valence-electron chi connectivity index (χ1n) is 29.7. The average molecular weight is 1260 g/mol. The zero-order valence-corrected chi connectivity index (χ0v) is 52.2. The fourth-order valence-electron chi connectivity index (χ4n) is 10.6. The number of carbonyl (C=O) groups excluding carboxylic acids is 1. The van der Waals surface area contributed by atoms with Gasteiger partial charge in [-0.25, -0.2) is 43.5 Å². The number of hydrogen-bond acceptors (Lipinski definition) is 19. The number of carbonyl (C=O) groups is 2. The van der Waals surface area contributed by atoms with Crippen LogP contribution in [0.4, 0.5) is 23.0 Å². The van der Waals surface area contributed by atoms with Crippen molar-refractivity contribution in [2.24, 2.45) is 0 Å². The van der Waals surface area contributed by atoms with Gasteiger partial charge in [0, 0.05) is 64.6 Å². The van der Waals surface area contributed by atoms with E-state index >= 15 is 0 Å². The van der Waals surface area contributed by atoms with Crippen LogP contribution in [0.1, 0.15) is 12.8 Å². The standard InChI is InChI=1S/C34H35N7O5.C25H22N6O3.C9H15NO3/c1-38(25-17-19-45-21-25)18-7-10-30(42)39(2)28-20-24(13-16-29(28)44-3)41-33-31(32(35)36-22-37-33)40(34(41)43)23-11-14-27(15-12-23)46-26-8-5-4-6-9-26;1-27-20-14-17(10-13-21(20)33-2)31-24-22(23(26)28-15-29-24)30(25(31)32)16-8-11-19(12-9-16)34-18-6-4-3-5-7-18;1-10(5-2-3-9(11)12)8-4-6-13-7-8/h4-16,20,22,25H,17-19,21H2,1-3H3,(H2,35,36,37);3-15,27H,1-2H3,(H2,26,28,29);2-3,8H,4-7H2,1H3,(H,11,12)/b10-7+;;3-2+/t25-;;8-/m0.0/s1. The highest BCUT2D eigenvalue weighted by Crippen LogP contribution is 2.34. The van der Waals surface area contributed by atoms with Crippen molar-refractivity contribution in [1.82, 2.24) is 48.0 Å². The molecule has 2 atom stereocenters. The molecular formula is C68H72N14O11. The zero-order chi connectivity index (χ0) is 65.5. The summed E-state index contributed by atoms with van der Waals surface area (Å²) < 4.78 is 39.4. The largest absolute Gasteiger partial charge is 0.495 e. The van der Waals surface area contributed by atoms with E-state index in [-0.39, 0.29) is 23.2 Å².